The van der Waals surface area contributed by atoms with Crippen LogP contribution in [0.3, 0.4) is 0 Å². The van der Waals surface area contributed by atoms with Gasteiger partial charge in [-0.2, -0.15) is 10.5 Å². The van der Waals surface area contributed by atoms with Gasteiger partial charge in [0.15, 0.2) is 0 Å². The van der Waals surface area contributed by atoms with Crippen molar-refractivity contribution in [2.24, 2.45) is 0 Å². The van der Waals surface area contributed by atoms with E-state index in [0.29, 0.717) is 11.1 Å². The first-order valence-electron chi connectivity index (χ1n) is 19.8. The Morgan fingerprint density at radius 3 is 1.22 bits per heavy atom. The van der Waals surface area contributed by atoms with E-state index in [4.69, 9.17) is 0 Å². The van der Waals surface area contributed by atoms with Crippen LogP contribution in [0.15, 0.2) is 194 Å². The Kier molecular flexibility index (Phi) is 8.68. The summed E-state index contributed by atoms with van der Waals surface area (Å²) in [5.41, 5.74) is 13.1. The Balaban J connectivity index is 1.26. The summed E-state index contributed by atoms with van der Waals surface area (Å²) in [6.45, 7) is 0. The summed E-state index contributed by atoms with van der Waals surface area (Å²) in [5.74, 6) is 0. The normalized spacial score (nSPS) is 11.3. The Hall–Kier alpha value is -7.60. The molecule has 0 aliphatic carbocycles. The molecule has 0 fully saturated rings. The zero-order valence-electron chi connectivity index (χ0n) is 32.2. The van der Waals surface area contributed by atoms with Gasteiger partial charge in [-0.25, -0.2) is 0 Å². The fourth-order valence-corrected chi connectivity index (χ4v) is 10.9. The fraction of sp³-hybridized carbons (Fsp3) is 0. The smallest absolute Gasteiger partial charge is 0.0998 e. The molecule has 11 rings (SSSR count). The Bertz CT molecular complexity index is 3370. The zero-order valence-corrected chi connectivity index (χ0v) is 33.8. The molecule has 4 heteroatoms. The van der Waals surface area contributed by atoms with Crippen LogP contribution in [-0.2, 0) is 0 Å². The van der Waals surface area contributed by atoms with Gasteiger partial charge in [0.2, 0.25) is 0 Å². The lowest BCUT2D eigenvalue weighted by molar-refractivity contribution is 1.46. The van der Waals surface area contributed by atoms with Crippen molar-refractivity contribution >= 4 is 63.0 Å². The highest BCUT2D eigenvalue weighted by atomic mass is 32.1. The van der Waals surface area contributed by atoms with Crippen molar-refractivity contribution in [2.75, 3.05) is 0 Å². The summed E-state index contributed by atoms with van der Waals surface area (Å²) in [4.78, 5) is 0. The molecule has 2 aromatic heterocycles. The van der Waals surface area contributed by atoms with Crippen molar-refractivity contribution in [1.29, 1.82) is 10.5 Å². The fourth-order valence-electron chi connectivity index (χ4n) is 8.72. The van der Waals surface area contributed by atoms with Gasteiger partial charge in [-0.05, 0) is 134 Å². The second-order valence-corrected chi connectivity index (χ2v) is 17.2. The van der Waals surface area contributed by atoms with Gasteiger partial charge in [0, 0.05) is 51.5 Å². The van der Waals surface area contributed by atoms with Gasteiger partial charge in [0.1, 0.15) is 0 Å². The van der Waals surface area contributed by atoms with Crippen molar-refractivity contribution in [3.63, 3.8) is 0 Å². The zero-order chi connectivity index (χ0) is 40.2. The molecule has 0 aliphatic heterocycles. The van der Waals surface area contributed by atoms with Crippen LogP contribution in [0.4, 0.5) is 0 Å². The van der Waals surface area contributed by atoms with Crippen molar-refractivity contribution in [1.82, 2.24) is 0 Å². The molecular formula is C56H32N2S2. The lowest BCUT2D eigenvalue weighted by atomic mass is 9.81. The third kappa shape index (κ3) is 6.07. The van der Waals surface area contributed by atoms with Gasteiger partial charge in [0.05, 0.1) is 23.3 Å². The average Bonchev–Trinajstić information content (AvgIpc) is 3.89. The van der Waals surface area contributed by atoms with Crippen LogP contribution >= 0.6 is 22.7 Å². The second kappa shape index (κ2) is 14.7. The summed E-state index contributed by atoms with van der Waals surface area (Å²) in [7, 11) is 0. The highest BCUT2D eigenvalue weighted by Crippen LogP contribution is 2.48. The van der Waals surface area contributed by atoms with E-state index in [0.717, 1.165) is 66.8 Å². The topological polar surface area (TPSA) is 47.6 Å². The standard InChI is InChI=1S/C56H32N2S2/c57-33-38-14-4-6-16-44(38)50-31-42(35-12-2-1-3-13-35)32-51(45-17-7-5-15-39(45)34-58)56(50)43-27-40(36-22-24-54-48(29-36)46-18-8-10-20-52(46)59-54)26-41(28-43)37-23-25-55-49(30-37)47-19-9-11-21-53(47)60-55/h1-32H. The monoisotopic (exact) mass is 796 g/mol. The number of nitrogens with zero attached hydrogens (tertiary/aromatic N) is 2. The van der Waals surface area contributed by atoms with E-state index in [9.17, 15) is 10.5 Å². The molecule has 2 heterocycles. The van der Waals surface area contributed by atoms with E-state index < -0.39 is 0 Å². The van der Waals surface area contributed by atoms with Crippen molar-refractivity contribution in [3.8, 4) is 78.9 Å². The summed E-state index contributed by atoms with van der Waals surface area (Å²) < 4.78 is 5.06. The molecule has 2 nitrogen and oxygen atoms in total. The van der Waals surface area contributed by atoms with Crippen molar-refractivity contribution in [2.45, 2.75) is 0 Å². The molecule has 0 radical (unpaired) electrons. The van der Waals surface area contributed by atoms with Crippen molar-refractivity contribution < 1.29 is 0 Å². The molecule has 0 saturated heterocycles. The minimum atomic E-state index is 0.587. The number of fused-ring (bicyclic) bond motifs is 6. The molecule has 0 saturated carbocycles. The van der Waals surface area contributed by atoms with Gasteiger partial charge in [-0.3, -0.25) is 0 Å². The molecule has 60 heavy (non-hydrogen) atoms. The first kappa shape index (κ1) is 35.6. The van der Waals surface area contributed by atoms with Crippen molar-refractivity contribution in [3.05, 3.63) is 205 Å². The van der Waals surface area contributed by atoms with Crippen LogP contribution in [0.5, 0.6) is 0 Å². The number of nitriles is 2. The highest BCUT2D eigenvalue weighted by molar-refractivity contribution is 7.26. The van der Waals surface area contributed by atoms with Gasteiger partial charge >= 0.3 is 0 Å². The summed E-state index contributed by atoms with van der Waals surface area (Å²) in [6, 6.07) is 73.3. The molecule has 0 N–H and O–H groups in total. The molecular weight excluding hydrogens is 765 g/mol. The number of hydrogen-bond acceptors (Lipinski definition) is 4. The number of thiophene rings is 2. The summed E-state index contributed by atoms with van der Waals surface area (Å²) in [5, 5.41) is 26.2. The van der Waals surface area contributed by atoms with Gasteiger partial charge in [-0.1, -0.05) is 115 Å². The van der Waals surface area contributed by atoms with E-state index >= 15 is 0 Å². The molecule has 9 aromatic carbocycles. The van der Waals surface area contributed by atoms with E-state index in [-0.39, 0.29) is 0 Å². The van der Waals surface area contributed by atoms with Gasteiger partial charge < -0.3 is 0 Å². The molecule has 0 spiro atoms. The number of benzene rings is 9. The average molecular weight is 797 g/mol. The maximum atomic E-state index is 10.6. The Labute approximate surface area is 355 Å². The Morgan fingerprint density at radius 2 is 0.700 bits per heavy atom. The van der Waals surface area contributed by atoms with Crippen LogP contribution in [0.1, 0.15) is 11.1 Å². The lowest BCUT2D eigenvalue weighted by Crippen LogP contribution is -1.97. The molecule has 11 aromatic rings. The highest BCUT2D eigenvalue weighted by Gasteiger charge is 2.22. The SMILES string of the molecule is N#Cc1ccccc1-c1cc(-c2ccccc2)cc(-c2ccccc2C#N)c1-c1cc(-c2ccc3sc4ccccc4c3c2)cc(-c2ccc3sc4ccccc4c3c2)c1. The van der Waals surface area contributed by atoms with Crippen LogP contribution in [0, 0.1) is 22.7 Å². The largest absolute Gasteiger partial charge is 0.192 e. The maximum Gasteiger partial charge on any atom is 0.0998 e. The molecule has 0 bridgehead atoms. The first-order valence-corrected chi connectivity index (χ1v) is 21.5. The van der Waals surface area contributed by atoms with Crippen LogP contribution in [0.2, 0.25) is 0 Å². The maximum absolute atomic E-state index is 10.6. The number of rotatable bonds is 6. The molecule has 0 aliphatic rings. The van der Waals surface area contributed by atoms with Gasteiger partial charge in [-0.15, -0.1) is 22.7 Å². The van der Waals surface area contributed by atoms with E-state index in [1.807, 2.05) is 89.4 Å². The molecule has 0 unspecified atom stereocenters. The predicted octanol–water partition coefficient (Wildman–Crippen LogP) is 16.2. The third-order valence-corrected chi connectivity index (χ3v) is 13.9. The summed E-state index contributed by atoms with van der Waals surface area (Å²) in [6.07, 6.45) is 0. The first-order chi connectivity index (χ1) is 29.6. The van der Waals surface area contributed by atoms with Gasteiger partial charge in [0.25, 0.3) is 0 Å². The van der Waals surface area contributed by atoms with E-state index in [1.165, 1.54) is 40.3 Å². The third-order valence-electron chi connectivity index (χ3n) is 11.6. The second-order valence-electron chi connectivity index (χ2n) is 15.0. The van der Waals surface area contributed by atoms with E-state index in [1.54, 1.807) is 0 Å². The van der Waals surface area contributed by atoms with Crippen LogP contribution in [-0.4, -0.2) is 0 Å². The minimum Gasteiger partial charge on any atom is -0.192 e. The molecule has 0 atom stereocenters. The molecule has 0 amide bonds. The quantitative estimate of drug-likeness (QED) is 0.168. The number of hydrogen-bond donors (Lipinski definition) is 0. The predicted molar refractivity (Wildman–Crippen MR) is 254 cm³/mol. The summed E-state index contributed by atoms with van der Waals surface area (Å²) >= 11 is 3.64. The minimum absolute atomic E-state index is 0.587. The Morgan fingerprint density at radius 1 is 0.283 bits per heavy atom. The van der Waals surface area contributed by atoms with Crippen LogP contribution in [0.25, 0.3) is 107 Å². The van der Waals surface area contributed by atoms with E-state index in [2.05, 4.69) is 140 Å². The lowest BCUT2D eigenvalue weighted by Gasteiger charge is -2.21. The van der Waals surface area contributed by atoms with Crippen LogP contribution < -0.4 is 0 Å². The molecule has 278 valence electrons.